The number of fused-ring (bicyclic) bond motifs is 1. The Bertz CT molecular complexity index is 782. The molecule has 2 nitrogen and oxygen atoms in total. The standard InChI is InChI=1S/C30H50O.C5H12O.C2H6.CH4/c1-7-29(5,20-11-12-22(2)3)28-19-18-26-25(13-8-9-21-30(26,28)6)17-16-24-14-10-15-27(31)23(24)4;1-4-5(2,3)6;1-2;/h16-17,22,26-28,31H,4,7-15,18-21H2,1-3,5-6H3;6H,4H2,1-3H3;1-2H3;1H4/b24-16-,25-17+;;;/t26?,27?,28-,29?,30?;;;/m1.../s1. The monoisotopic (exact) mass is 561 g/mol. The number of hydrogen-bond acceptors (Lipinski definition) is 2. The van der Waals surface area contributed by atoms with E-state index in [1.165, 1.54) is 69.8 Å². The molecule has 5 atom stereocenters. The van der Waals surface area contributed by atoms with E-state index in [0.717, 1.165) is 49.0 Å². The lowest BCUT2D eigenvalue weighted by molar-refractivity contribution is 0.0353. The van der Waals surface area contributed by atoms with Crippen LogP contribution in [0.2, 0.25) is 0 Å². The van der Waals surface area contributed by atoms with Crippen molar-refractivity contribution in [2.24, 2.45) is 28.6 Å². The summed E-state index contributed by atoms with van der Waals surface area (Å²) in [5.41, 5.74) is 4.43. The molecule has 3 aliphatic carbocycles. The van der Waals surface area contributed by atoms with Crippen LogP contribution in [0.4, 0.5) is 0 Å². The van der Waals surface area contributed by atoms with E-state index in [4.69, 9.17) is 5.11 Å². The molecular formula is C38H72O2. The molecule has 4 unspecified atom stereocenters. The molecule has 0 amide bonds. The summed E-state index contributed by atoms with van der Waals surface area (Å²) in [5.74, 6) is 2.42. The summed E-state index contributed by atoms with van der Waals surface area (Å²) in [6.45, 7) is 26.2. The number of aliphatic hydroxyl groups is 2. The van der Waals surface area contributed by atoms with Gasteiger partial charge < -0.3 is 10.2 Å². The van der Waals surface area contributed by atoms with Crippen molar-refractivity contribution in [3.63, 3.8) is 0 Å². The van der Waals surface area contributed by atoms with Gasteiger partial charge in [-0.05, 0) is 118 Å². The highest BCUT2D eigenvalue weighted by atomic mass is 16.3. The summed E-state index contributed by atoms with van der Waals surface area (Å²) >= 11 is 0. The molecule has 3 fully saturated rings. The third-order valence-electron chi connectivity index (χ3n) is 10.5. The molecule has 236 valence electrons. The van der Waals surface area contributed by atoms with E-state index in [1.54, 1.807) is 19.4 Å². The van der Waals surface area contributed by atoms with Crippen LogP contribution in [0.15, 0.2) is 35.5 Å². The average molecular weight is 561 g/mol. The van der Waals surface area contributed by atoms with Crippen LogP contribution in [0, 0.1) is 28.6 Å². The summed E-state index contributed by atoms with van der Waals surface area (Å²) < 4.78 is 0. The van der Waals surface area contributed by atoms with Gasteiger partial charge in [-0.2, -0.15) is 0 Å². The van der Waals surface area contributed by atoms with Crippen molar-refractivity contribution < 1.29 is 10.2 Å². The lowest BCUT2D eigenvalue weighted by Gasteiger charge is -2.47. The van der Waals surface area contributed by atoms with Gasteiger partial charge in [-0.25, -0.2) is 0 Å². The number of hydrogen-bond donors (Lipinski definition) is 2. The van der Waals surface area contributed by atoms with Gasteiger partial charge in [0.1, 0.15) is 0 Å². The zero-order chi connectivity index (χ0) is 29.9. The molecule has 3 aliphatic rings. The Hall–Kier alpha value is -0.860. The molecule has 0 aliphatic heterocycles. The Kier molecular flexibility index (Phi) is 17.6. The fourth-order valence-electron chi connectivity index (χ4n) is 7.49. The second-order valence-corrected chi connectivity index (χ2v) is 14.2. The predicted octanol–water partition coefficient (Wildman–Crippen LogP) is 11.6. The normalized spacial score (nSPS) is 30.3. The molecule has 0 bridgehead atoms. The molecule has 0 heterocycles. The zero-order valence-electron chi connectivity index (χ0n) is 28.0. The summed E-state index contributed by atoms with van der Waals surface area (Å²) in [6, 6.07) is 0. The molecule has 0 spiro atoms. The Balaban J connectivity index is 0.00000150. The van der Waals surface area contributed by atoms with Gasteiger partial charge in [0.05, 0.1) is 11.7 Å². The van der Waals surface area contributed by atoms with Crippen molar-refractivity contribution in [2.45, 2.75) is 178 Å². The van der Waals surface area contributed by atoms with Crippen LogP contribution in [0.3, 0.4) is 0 Å². The SMILES string of the molecule is C.C=C1/C(=C\C=C2/CCCCC3(C)C2CC[C@@H]3C(C)(CC)CCCC(C)C)CCCC1O.CC.CCC(C)(C)O. The second kappa shape index (κ2) is 17.9. The summed E-state index contributed by atoms with van der Waals surface area (Å²) in [5, 5.41) is 19.0. The smallest absolute Gasteiger partial charge is 0.0787 e. The maximum atomic E-state index is 10.2. The van der Waals surface area contributed by atoms with Gasteiger partial charge in [0.25, 0.3) is 0 Å². The zero-order valence-corrected chi connectivity index (χ0v) is 28.0. The van der Waals surface area contributed by atoms with Gasteiger partial charge in [-0.15, -0.1) is 0 Å². The first-order chi connectivity index (χ1) is 18.3. The lowest BCUT2D eigenvalue weighted by atomic mass is 9.58. The Labute approximate surface area is 252 Å². The number of aliphatic hydroxyl groups excluding tert-OH is 1. The first-order valence-corrected chi connectivity index (χ1v) is 16.8. The fourth-order valence-corrected chi connectivity index (χ4v) is 7.49. The van der Waals surface area contributed by atoms with E-state index in [2.05, 4.69) is 53.3 Å². The van der Waals surface area contributed by atoms with Crippen molar-refractivity contribution in [2.75, 3.05) is 0 Å². The maximum absolute atomic E-state index is 10.2. The maximum Gasteiger partial charge on any atom is 0.0787 e. The van der Waals surface area contributed by atoms with E-state index in [1.807, 2.05) is 20.8 Å². The third kappa shape index (κ3) is 11.1. The first-order valence-electron chi connectivity index (χ1n) is 16.8. The van der Waals surface area contributed by atoms with Crippen molar-refractivity contribution in [1.82, 2.24) is 0 Å². The molecule has 0 aromatic carbocycles. The molecular weight excluding hydrogens is 488 g/mol. The molecule has 0 aromatic heterocycles. The van der Waals surface area contributed by atoms with Crippen molar-refractivity contribution in [3.8, 4) is 0 Å². The number of rotatable bonds is 8. The topological polar surface area (TPSA) is 40.5 Å². The molecule has 3 saturated carbocycles. The second-order valence-electron chi connectivity index (χ2n) is 14.2. The van der Waals surface area contributed by atoms with Crippen LogP contribution in [-0.4, -0.2) is 21.9 Å². The van der Waals surface area contributed by atoms with Gasteiger partial charge in [0.15, 0.2) is 0 Å². The molecule has 2 heteroatoms. The molecule has 0 radical (unpaired) electrons. The minimum absolute atomic E-state index is 0. The van der Waals surface area contributed by atoms with Gasteiger partial charge in [-0.1, -0.05) is 113 Å². The average Bonchev–Trinajstić information content (AvgIpc) is 3.15. The molecule has 3 rings (SSSR count). The van der Waals surface area contributed by atoms with Crippen LogP contribution in [0.1, 0.15) is 167 Å². The van der Waals surface area contributed by atoms with Crippen LogP contribution < -0.4 is 0 Å². The minimum atomic E-state index is -0.458. The highest BCUT2D eigenvalue weighted by Crippen LogP contribution is 2.62. The summed E-state index contributed by atoms with van der Waals surface area (Å²) in [4.78, 5) is 0. The van der Waals surface area contributed by atoms with Crippen LogP contribution in [0.5, 0.6) is 0 Å². The minimum Gasteiger partial charge on any atom is -0.390 e. The summed E-state index contributed by atoms with van der Waals surface area (Å²) in [7, 11) is 0. The van der Waals surface area contributed by atoms with Crippen LogP contribution in [0.25, 0.3) is 0 Å². The van der Waals surface area contributed by atoms with Crippen LogP contribution in [-0.2, 0) is 0 Å². The van der Waals surface area contributed by atoms with Gasteiger partial charge in [0, 0.05) is 0 Å². The Morgan fingerprint density at radius 2 is 1.60 bits per heavy atom. The van der Waals surface area contributed by atoms with Crippen molar-refractivity contribution in [1.29, 1.82) is 0 Å². The molecule has 40 heavy (non-hydrogen) atoms. The molecule has 0 aromatic rings. The van der Waals surface area contributed by atoms with Gasteiger partial charge in [0.2, 0.25) is 0 Å². The fraction of sp³-hybridized carbons (Fsp3) is 0.842. The van der Waals surface area contributed by atoms with Crippen molar-refractivity contribution in [3.05, 3.63) is 35.5 Å². The highest BCUT2D eigenvalue weighted by molar-refractivity contribution is 5.37. The van der Waals surface area contributed by atoms with Gasteiger partial charge in [-0.3, -0.25) is 0 Å². The number of allylic oxidation sites excluding steroid dienone is 3. The van der Waals surface area contributed by atoms with E-state index in [9.17, 15) is 5.11 Å². The predicted molar refractivity (Wildman–Crippen MR) is 180 cm³/mol. The molecule has 2 N–H and O–H groups in total. The molecule has 0 saturated heterocycles. The van der Waals surface area contributed by atoms with E-state index in [-0.39, 0.29) is 13.5 Å². The third-order valence-corrected chi connectivity index (χ3v) is 10.5. The largest absolute Gasteiger partial charge is 0.390 e. The van der Waals surface area contributed by atoms with E-state index < -0.39 is 5.60 Å². The van der Waals surface area contributed by atoms with E-state index >= 15 is 0 Å². The quantitative estimate of drug-likeness (QED) is 0.310. The first kappa shape index (κ1) is 39.1. The summed E-state index contributed by atoms with van der Waals surface area (Å²) in [6.07, 6.45) is 22.0. The van der Waals surface area contributed by atoms with Gasteiger partial charge >= 0.3 is 0 Å². The van der Waals surface area contributed by atoms with Crippen LogP contribution >= 0.6 is 0 Å². The van der Waals surface area contributed by atoms with E-state index in [0.29, 0.717) is 10.8 Å². The Morgan fingerprint density at radius 3 is 2.15 bits per heavy atom. The van der Waals surface area contributed by atoms with Crippen molar-refractivity contribution >= 4 is 0 Å². The lowest BCUT2D eigenvalue weighted by Crippen LogP contribution is -2.39. The Morgan fingerprint density at radius 1 is 0.975 bits per heavy atom. The highest BCUT2D eigenvalue weighted by Gasteiger charge is 2.53.